The largest absolute Gasteiger partial charge is 0.380 e. The highest BCUT2D eigenvalue weighted by atomic mass is 16.7. The van der Waals surface area contributed by atoms with Gasteiger partial charge in [-0.15, -0.1) is 0 Å². The number of allylic oxidation sites excluding steroid dienone is 1. The van der Waals surface area contributed by atoms with Crippen molar-refractivity contribution in [2.75, 3.05) is 0 Å². The summed E-state index contributed by atoms with van der Waals surface area (Å²) >= 11 is 0. The van der Waals surface area contributed by atoms with Crippen molar-refractivity contribution < 1.29 is 9.63 Å². The van der Waals surface area contributed by atoms with Gasteiger partial charge >= 0.3 is 0 Å². The van der Waals surface area contributed by atoms with E-state index in [4.69, 9.17) is 4.84 Å². The maximum atomic E-state index is 10.8. The number of carbonyl (C=O) groups is 1. The summed E-state index contributed by atoms with van der Waals surface area (Å²) < 4.78 is 0. The molecule has 0 unspecified atom stereocenters. The molecule has 0 spiro atoms. The standard InChI is InChI=1S/C7H9NO2/c1-4-5(2)7(9)8-10-6(4)3/h3H2,1-2H3,(H,8,9). The summed E-state index contributed by atoms with van der Waals surface area (Å²) in [6, 6.07) is 0. The second kappa shape index (κ2) is 2.17. The third kappa shape index (κ3) is 0.900. The van der Waals surface area contributed by atoms with Gasteiger partial charge in [0.25, 0.3) is 5.91 Å². The van der Waals surface area contributed by atoms with Crippen LogP contribution in [0.15, 0.2) is 23.5 Å². The van der Waals surface area contributed by atoms with E-state index < -0.39 is 0 Å². The summed E-state index contributed by atoms with van der Waals surface area (Å²) in [7, 11) is 0. The first kappa shape index (κ1) is 6.86. The fraction of sp³-hybridized carbons (Fsp3) is 0.286. The zero-order chi connectivity index (χ0) is 7.72. The molecular formula is C7H9NO2. The lowest BCUT2D eigenvalue weighted by Crippen LogP contribution is -2.29. The number of nitrogens with one attached hydrogen (secondary N) is 1. The monoisotopic (exact) mass is 139 g/mol. The Kier molecular flexibility index (Phi) is 1.49. The van der Waals surface area contributed by atoms with Gasteiger partial charge in [0.05, 0.1) is 0 Å². The van der Waals surface area contributed by atoms with Crippen LogP contribution in [0.25, 0.3) is 0 Å². The molecule has 0 saturated heterocycles. The molecule has 1 N–H and O–H groups in total. The number of hydrogen-bond donors (Lipinski definition) is 1. The number of carbonyl (C=O) groups excluding carboxylic acids is 1. The van der Waals surface area contributed by atoms with Crippen molar-refractivity contribution in [1.29, 1.82) is 0 Å². The second-order valence-electron chi connectivity index (χ2n) is 2.21. The van der Waals surface area contributed by atoms with E-state index in [9.17, 15) is 4.79 Å². The van der Waals surface area contributed by atoms with Crippen molar-refractivity contribution in [3.05, 3.63) is 23.5 Å². The Morgan fingerprint density at radius 1 is 1.40 bits per heavy atom. The minimum absolute atomic E-state index is 0.190. The van der Waals surface area contributed by atoms with Crippen LogP contribution in [0.2, 0.25) is 0 Å². The van der Waals surface area contributed by atoms with Gasteiger partial charge in [-0.05, 0) is 13.8 Å². The van der Waals surface area contributed by atoms with E-state index in [0.717, 1.165) is 5.57 Å². The fourth-order valence-corrected chi connectivity index (χ4v) is 0.640. The molecule has 0 aromatic rings. The van der Waals surface area contributed by atoms with Gasteiger partial charge in [-0.2, -0.15) is 5.48 Å². The molecule has 1 heterocycles. The van der Waals surface area contributed by atoms with Crippen molar-refractivity contribution >= 4 is 5.91 Å². The maximum Gasteiger partial charge on any atom is 0.279 e. The van der Waals surface area contributed by atoms with E-state index in [2.05, 4.69) is 12.1 Å². The molecule has 54 valence electrons. The van der Waals surface area contributed by atoms with Gasteiger partial charge < -0.3 is 4.84 Å². The van der Waals surface area contributed by atoms with Gasteiger partial charge in [0, 0.05) is 11.1 Å². The summed E-state index contributed by atoms with van der Waals surface area (Å²) in [6.45, 7) is 7.12. The summed E-state index contributed by atoms with van der Waals surface area (Å²) in [6.07, 6.45) is 0. The third-order valence-electron chi connectivity index (χ3n) is 1.59. The first-order valence-electron chi connectivity index (χ1n) is 2.97. The molecule has 0 saturated carbocycles. The lowest BCUT2D eigenvalue weighted by atomic mass is 10.1. The molecule has 1 rings (SSSR count). The number of rotatable bonds is 0. The van der Waals surface area contributed by atoms with Crippen LogP contribution in [0.1, 0.15) is 13.8 Å². The normalized spacial score (nSPS) is 18.6. The van der Waals surface area contributed by atoms with Gasteiger partial charge in [-0.3, -0.25) is 4.79 Å². The highest BCUT2D eigenvalue weighted by Crippen LogP contribution is 2.16. The van der Waals surface area contributed by atoms with Crippen LogP contribution in [0.5, 0.6) is 0 Å². The lowest BCUT2D eigenvalue weighted by molar-refractivity contribution is -0.127. The molecule has 1 aliphatic heterocycles. The smallest absolute Gasteiger partial charge is 0.279 e. The van der Waals surface area contributed by atoms with Crippen molar-refractivity contribution in [3.8, 4) is 0 Å². The Morgan fingerprint density at radius 3 is 2.50 bits per heavy atom. The quantitative estimate of drug-likeness (QED) is 0.541. The Morgan fingerprint density at radius 2 is 2.00 bits per heavy atom. The van der Waals surface area contributed by atoms with Gasteiger partial charge in [0.2, 0.25) is 0 Å². The minimum atomic E-state index is -0.190. The van der Waals surface area contributed by atoms with Crippen LogP contribution in [0, 0.1) is 0 Å². The average Bonchev–Trinajstić information content (AvgIpc) is 1.93. The molecule has 3 heteroatoms. The zero-order valence-electron chi connectivity index (χ0n) is 6.02. The fourth-order valence-electron chi connectivity index (χ4n) is 0.640. The average molecular weight is 139 g/mol. The molecule has 10 heavy (non-hydrogen) atoms. The Balaban J connectivity index is 3.03. The van der Waals surface area contributed by atoms with Gasteiger partial charge in [-0.1, -0.05) is 6.58 Å². The molecule has 0 radical (unpaired) electrons. The highest BCUT2D eigenvalue weighted by molar-refractivity contribution is 5.94. The van der Waals surface area contributed by atoms with Crippen LogP contribution in [-0.2, 0) is 9.63 Å². The molecule has 0 aromatic heterocycles. The van der Waals surface area contributed by atoms with Crippen LogP contribution in [0.4, 0.5) is 0 Å². The van der Waals surface area contributed by atoms with Crippen LogP contribution >= 0.6 is 0 Å². The topological polar surface area (TPSA) is 38.3 Å². The summed E-state index contributed by atoms with van der Waals surface area (Å²) in [5.41, 5.74) is 3.69. The van der Waals surface area contributed by atoms with E-state index in [1.165, 1.54) is 0 Å². The predicted molar refractivity (Wildman–Crippen MR) is 36.7 cm³/mol. The van der Waals surface area contributed by atoms with E-state index in [-0.39, 0.29) is 5.91 Å². The first-order valence-corrected chi connectivity index (χ1v) is 2.97. The van der Waals surface area contributed by atoms with Crippen molar-refractivity contribution in [2.24, 2.45) is 0 Å². The van der Waals surface area contributed by atoms with Crippen LogP contribution in [0.3, 0.4) is 0 Å². The maximum absolute atomic E-state index is 10.8. The number of hydrogen-bond acceptors (Lipinski definition) is 2. The summed E-state index contributed by atoms with van der Waals surface area (Å²) in [5.74, 6) is 0.321. The Labute approximate surface area is 59.3 Å². The van der Waals surface area contributed by atoms with E-state index >= 15 is 0 Å². The molecular weight excluding hydrogens is 130 g/mol. The summed E-state index contributed by atoms with van der Waals surface area (Å²) in [5, 5.41) is 0. The van der Waals surface area contributed by atoms with Crippen molar-refractivity contribution in [1.82, 2.24) is 5.48 Å². The lowest BCUT2D eigenvalue weighted by Gasteiger charge is -2.17. The zero-order valence-corrected chi connectivity index (χ0v) is 6.02. The second-order valence-corrected chi connectivity index (χ2v) is 2.21. The number of amides is 1. The number of hydroxylamine groups is 1. The molecule has 0 aromatic carbocycles. The first-order chi connectivity index (χ1) is 4.63. The van der Waals surface area contributed by atoms with Crippen molar-refractivity contribution in [3.63, 3.8) is 0 Å². The van der Waals surface area contributed by atoms with E-state index in [1.807, 2.05) is 0 Å². The predicted octanol–water partition coefficient (Wildman–Crippen LogP) is 0.898. The molecule has 1 amide bonds. The van der Waals surface area contributed by atoms with E-state index in [0.29, 0.717) is 11.3 Å². The molecule has 3 nitrogen and oxygen atoms in total. The molecule has 0 fully saturated rings. The Hall–Kier alpha value is -1.25. The SMILES string of the molecule is C=C1ONC(=O)C(C)=C1C. The summed E-state index contributed by atoms with van der Waals surface area (Å²) in [4.78, 5) is 15.5. The third-order valence-corrected chi connectivity index (χ3v) is 1.59. The van der Waals surface area contributed by atoms with Crippen LogP contribution < -0.4 is 5.48 Å². The minimum Gasteiger partial charge on any atom is -0.380 e. The molecule has 0 aliphatic carbocycles. The molecule has 0 bridgehead atoms. The van der Waals surface area contributed by atoms with Crippen molar-refractivity contribution in [2.45, 2.75) is 13.8 Å². The molecule has 0 atom stereocenters. The molecule has 1 aliphatic rings. The van der Waals surface area contributed by atoms with Crippen LogP contribution in [-0.4, -0.2) is 5.91 Å². The van der Waals surface area contributed by atoms with E-state index in [1.54, 1.807) is 13.8 Å². The Bertz CT molecular complexity index is 204. The van der Waals surface area contributed by atoms with Gasteiger partial charge in [0.1, 0.15) is 0 Å². The highest BCUT2D eigenvalue weighted by Gasteiger charge is 2.16. The van der Waals surface area contributed by atoms with Gasteiger partial charge in [-0.25, -0.2) is 0 Å². The van der Waals surface area contributed by atoms with Gasteiger partial charge in [0.15, 0.2) is 5.76 Å².